The van der Waals surface area contributed by atoms with E-state index in [1.165, 1.54) is 5.56 Å². The summed E-state index contributed by atoms with van der Waals surface area (Å²) in [4.78, 5) is 4.42. The van der Waals surface area contributed by atoms with Gasteiger partial charge in [-0.1, -0.05) is 36.7 Å². The lowest BCUT2D eigenvalue weighted by atomic mass is 10.2. The number of nitrogens with zero attached hydrogens (tertiary/aromatic N) is 1. The highest BCUT2D eigenvalue weighted by Gasteiger charge is 1.98. The highest BCUT2D eigenvalue weighted by atomic mass is 35.5. The first kappa shape index (κ1) is 16.0. The summed E-state index contributed by atoms with van der Waals surface area (Å²) in [5.41, 5.74) is 3.26. The van der Waals surface area contributed by atoms with Gasteiger partial charge in [0.05, 0.1) is 18.9 Å². The molecular formula is C17H21ClN2O. The lowest BCUT2D eigenvalue weighted by Crippen LogP contribution is -2.14. The number of halogens is 1. The molecule has 0 bridgehead atoms. The number of pyridine rings is 1. The molecule has 0 amide bonds. The number of rotatable bonds is 8. The maximum atomic E-state index is 5.85. The van der Waals surface area contributed by atoms with Crippen LogP contribution in [0.3, 0.4) is 0 Å². The molecule has 0 radical (unpaired) electrons. The van der Waals surface area contributed by atoms with Crippen LogP contribution in [0.4, 0.5) is 0 Å². The lowest BCUT2D eigenvalue weighted by molar-refractivity contribution is 0.104. The highest BCUT2D eigenvalue weighted by molar-refractivity contribution is 6.30. The van der Waals surface area contributed by atoms with Crippen LogP contribution >= 0.6 is 11.6 Å². The van der Waals surface area contributed by atoms with E-state index in [0.717, 1.165) is 35.8 Å². The molecule has 112 valence electrons. The van der Waals surface area contributed by atoms with Gasteiger partial charge in [0.15, 0.2) is 0 Å². The molecule has 0 aliphatic heterocycles. The third kappa shape index (κ3) is 5.84. The molecule has 0 fully saturated rings. The first-order valence-corrected chi connectivity index (χ1v) is 7.62. The van der Waals surface area contributed by atoms with Crippen LogP contribution in [0.5, 0.6) is 0 Å². The fraction of sp³-hybridized carbons (Fsp3) is 0.353. The van der Waals surface area contributed by atoms with Crippen LogP contribution in [0, 0.1) is 0 Å². The molecule has 21 heavy (non-hydrogen) atoms. The van der Waals surface area contributed by atoms with Crippen molar-refractivity contribution in [2.24, 2.45) is 0 Å². The van der Waals surface area contributed by atoms with Crippen molar-refractivity contribution in [2.45, 2.75) is 33.1 Å². The summed E-state index contributed by atoms with van der Waals surface area (Å²) in [6.07, 6.45) is 3.05. The molecular weight excluding hydrogens is 284 g/mol. The Bertz CT molecular complexity index is 525. The molecule has 2 rings (SSSR count). The molecule has 0 atom stereocenters. The molecule has 3 nitrogen and oxygen atoms in total. The van der Waals surface area contributed by atoms with Crippen LogP contribution in [0.1, 0.15) is 30.2 Å². The number of hydrogen-bond acceptors (Lipinski definition) is 3. The van der Waals surface area contributed by atoms with E-state index < -0.39 is 0 Å². The zero-order valence-electron chi connectivity index (χ0n) is 12.3. The van der Waals surface area contributed by atoms with E-state index >= 15 is 0 Å². The van der Waals surface area contributed by atoms with E-state index in [9.17, 15) is 0 Å². The van der Waals surface area contributed by atoms with Crippen molar-refractivity contribution < 1.29 is 4.74 Å². The second-order valence-corrected chi connectivity index (χ2v) is 5.39. The maximum Gasteiger partial charge on any atom is 0.0892 e. The number of ether oxygens (including phenoxy) is 1. The predicted molar refractivity (Wildman–Crippen MR) is 86.2 cm³/mol. The Labute approximate surface area is 131 Å². The van der Waals surface area contributed by atoms with Crippen LogP contribution in [0.15, 0.2) is 42.6 Å². The minimum absolute atomic E-state index is 0.519. The summed E-state index contributed by atoms with van der Waals surface area (Å²) in [5.74, 6) is 0. The van der Waals surface area contributed by atoms with Crippen molar-refractivity contribution in [2.75, 3.05) is 6.54 Å². The zero-order chi connectivity index (χ0) is 14.9. The smallest absolute Gasteiger partial charge is 0.0892 e. The molecule has 0 unspecified atom stereocenters. The molecule has 0 saturated carbocycles. The molecule has 1 aromatic heterocycles. The average Bonchev–Trinajstić information content (AvgIpc) is 2.51. The molecule has 4 heteroatoms. The Morgan fingerprint density at radius 3 is 2.48 bits per heavy atom. The van der Waals surface area contributed by atoms with E-state index in [4.69, 9.17) is 16.3 Å². The van der Waals surface area contributed by atoms with E-state index in [2.05, 4.69) is 23.3 Å². The summed E-state index contributed by atoms with van der Waals surface area (Å²) in [7, 11) is 0. The fourth-order valence-corrected chi connectivity index (χ4v) is 2.03. The van der Waals surface area contributed by atoms with Crippen LogP contribution in [0.25, 0.3) is 0 Å². The van der Waals surface area contributed by atoms with E-state index in [-0.39, 0.29) is 0 Å². The first-order valence-electron chi connectivity index (χ1n) is 7.24. The second kappa shape index (κ2) is 8.78. The van der Waals surface area contributed by atoms with Crippen LogP contribution in [-0.2, 0) is 24.5 Å². The molecule has 1 aromatic carbocycles. The van der Waals surface area contributed by atoms with E-state index in [1.807, 2.05) is 36.5 Å². The summed E-state index contributed by atoms with van der Waals surface area (Å²) in [6.45, 7) is 5.15. The van der Waals surface area contributed by atoms with Crippen molar-refractivity contribution in [1.29, 1.82) is 0 Å². The van der Waals surface area contributed by atoms with Crippen molar-refractivity contribution in [3.05, 3.63) is 64.4 Å². The van der Waals surface area contributed by atoms with Crippen LogP contribution in [-0.4, -0.2) is 11.5 Å². The van der Waals surface area contributed by atoms with Crippen molar-refractivity contribution in [3.8, 4) is 0 Å². The van der Waals surface area contributed by atoms with Crippen LogP contribution < -0.4 is 5.32 Å². The van der Waals surface area contributed by atoms with Gasteiger partial charge in [0.2, 0.25) is 0 Å². The number of hydrogen-bond donors (Lipinski definition) is 1. The third-order valence-electron chi connectivity index (χ3n) is 3.07. The summed E-state index contributed by atoms with van der Waals surface area (Å²) in [6, 6.07) is 11.8. The summed E-state index contributed by atoms with van der Waals surface area (Å²) in [5, 5.41) is 4.10. The lowest BCUT2D eigenvalue weighted by Gasteiger charge is -2.06. The largest absolute Gasteiger partial charge is 0.370 e. The Balaban J connectivity index is 1.74. The van der Waals surface area contributed by atoms with Crippen LogP contribution in [0.2, 0.25) is 5.02 Å². The molecule has 0 saturated heterocycles. The van der Waals surface area contributed by atoms with Gasteiger partial charge >= 0.3 is 0 Å². The van der Waals surface area contributed by atoms with Gasteiger partial charge in [0, 0.05) is 17.8 Å². The molecule has 0 aliphatic rings. The number of nitrogens with one attached hydrogen (secondary N) is 1. The van der Waals surface area contributed by atoms with E-state index in [0.29, 0.717) is 13.2 Å². The van der Waals surface area contributed by atoms with Crippen molar-refractivity contribution >= 4 is 11.6 Å². The Morgan fingerprint density at radius 1 is 1.05 bits per heavy atom. The number of benzene rings is 1. The third-order valence-corrected chi connectivity index (χ3v) is 3.33. The monoisotopic (exact) mass is 304 g/mol. The SMILES string of the molecule is CCCNCc1ccc(COCc2ccc(Cl)cc2)nc1. The molecule has 0 aliphatic carbocycles. The van der Waals surface area contributed by atoms with Gasteiger partial charge in [0.25, 0.3) is 0 Å². The Hall–Kier alpha value is -1.42. The summed E-state index contributed by atoms with van der Waals surface area (Å²) < 4.78 is 5.66. The standard InChI is InChI=1S/C17H21ClN2O/c1-2-9-19-10-15-5-8-17(20-11-15)13-21-12-14-3-6-16(18)7-4-14/h3-8,11,19H,2,9-10,12-13H2,1H3. The van der Waals surface area contributed by atoms with Crippen molar-refractivity contribution in [1.82, 2.24) is 10.3 Å². The molecule has 0 spiro atoms. The predicted octanol–water partition coefficient (Wildman–Crippen LogP) is 3.95. The van der Waals surface area contributed by atoms with E-state index in [1.54, 1.807) is 0 Å². The number of aromatic nitrogens is 1. The van der Waals surface area contributed by atoms with Gasteiger partial charge in [-0.05, 0) is 42.3 Å². The first-order chi connectivity index (χ1) is 10.3. The summed E-state index contributed by atoms with van der Waals surface area (Å²) >= 11 is 5.85. The van der Waals surface area contributed by atoms with Crippen molar-refractivity contribution in [3.63, 3.8) is 0 Å². The highest BCUT2D eigenvalue weighted by Crippen LogP contribution is 2.11. The Morgan fingerprint density at radius 2 is 1.81 bits per heavy atom. The molecule has 2 aromatic rings. The minimum atomic E-state index is 0.519. The van der Waals surface area contributed by atoms with Gasteiger partial charge < -0.3 is 10.1 Å². The molecule has 1 heterocycles. The topological polar surface area (TPSA) is 34.1 Å². The normalized spacial score (nSPS) is 10.8. The fourth-order valence-electron chi connectivity index (χ4n) is 1.91. The second-order valence-electron chi connectivity index (χ2n) is 4.95. The van der Waals surface area contributed by atoms with Gasteiger partial charge in [0.1, 0.15) is 0 Å². The maximum absolute atomic E-state index is 5.85. The van der Waals surface area contributed by atoms with Gasteiger partial charge in [-0.3, -0.25) is 4.98 Å². The van der Waals surface area contributed by atoms with Gasteiger partial charge in [-0.2, -0.15) is 0 Å². The minimum Gasteiger partial charge on any atom is -0.370 e. The quantitative estimate of drug-likeness (QED) is 0.750. The average molecular weight is 305 g/mol. The zero-order valence-corrected chi connectivity index (χ0v) is 13.1. The Kier molecular flexibility index (Phi) is 6.67. The van der Waals surface area contributed by atoms with Gasteiger partial charge in [-0.15, -0.1) is 0 Å². The molecule has 1 N–H and O–H groups in total. The van der Waals surface area contributed by atoms with Gasteiger partial charge in [-0.25, -0.2) is 0 Å².